The van der Waals surface area contributed by atoms with E-state index in [1.807, 2.05) is 15.4 Å². The first-order chi connectivity index (χ1) is 16.1. The van der Waals surface area contributed by atoms with Crippen LogP contribution in [0.3, 0.4) is 0 Å². The van der Waals surface area contributed by atoms with Crippen molar-refractivity contribution in [3.63, 3.8) is 0 Å². The number of hydrogen-bond donors (Lipinski definition) is 1. The Hall–Kier alpha value is -3.41. The fourth-order valence-electron chi connectivity index (χ4n) is 4.32. The van der Waals surface area contributed by atoms with Crippen LogP contribution in [0.25, 0.3) is 22.3 Å². The summed E-state index contributed by atoms with van der Waals surface area (Å²) in [5.74, 6) is 0. The van der Waals surface area contributed by atoms with E-state index in [0.717, 1.165) is 19.3 Å². The maximum atomic E-state index is 13.2. The van der Waals surface area contributed by atoms with Crippen molar-refractivity contribution in [2.24, 2.45) is 0 Å². The molecule has 1 N–H and O–H groups in total. The molecule has 2 fully saturated rings. The highest BCUT2D eigenvalue weighted by molar-refractivity contribution is 7.89. The van der Waals surface area contributed by atoms with E-state index in [9.17, 15) is 32.1 Å². The second-order valence-corrected chi connectivity index (χ2v) is 10.4. The van der Waals surface area contributed by atoms with Gasteiger partial charge in [0, 0.05) is 17.6 Å². The number of rotatable bonds is 5. The Kier molecular flexibility index (Phi) is 4.97. The van der Waals surface area contributed by atoms with Crippen LogP contribution in [0, 0.1) is 22.7 Å². The van der Waals surface area contributed by atoms with Crippen LogP contribution in [-0.2, 0) is 10.0 Å². The Morgan fingerprint density at radius 1 is 1.12 bits per heavy atom. The largest absolute Gasteiger partial charge is 0.407 e. The summed E-state index contributed by atoms with van der Waals surface area (Å²) in [6, 6.07) is 11.4. The Labute approximate surface area is 193 Å². The second-order valence-electron chi connectivity index (χ2n) is 8.71. The molecule has 1 aromatic carbocycles. The topological polar surface area (TPSA) is 112 Å². The van der Waals surface area contributed by atoms with E-state index >= 15 is 0 Å². The van der Waals surface area contributed by atoms with Crippen LogP contribution in [0.2, 0.25) is 0 Å². The van der Waals surface area contributed by atoms with Crippen molar-refractivity contribution in [3.05, 3.63) is 47.7 Å². The molecular weight excluding hydrogens is 467 g/mol. The van der Waals surface area contributed by atoms with Crippen molar-refractivity contribution in [1.82, 2.24) is 14.3 Å². The van der Waals surface area contributed by atoms with Gasteiger partial charge in [-0.15, -0.1) is 0 Å². The number of nitriles is 2. The lowest BCUT2D eigenvalue weighted by Crippen LogP contribution is -2.47. The molecule has 0 unspecified atom stereocenters. The Balaban J connectivity index is 1.59. The molecule has 0 aliphatic heterocycles. The molecule has 2 saturated carbocycles. The summed E-state index contributed by atoms with van der Waals surface area (Å²) >= 11 is 0. The zero-order chi connectivity index (χ0) is 24.3. The number of pyridine rings is 1. The van der Waals surface area contributed by atoms with E-state index in [1.54, 1.807) is 6.07 Å². The lowest BCUT2D eigenvalue weighted by atomic mass is 9.92. The molecule has 0 amide bonds. The van der Waals surface area contributed by atoms with Gasteiger partial charge in [0.05, 0.1) is 21.7 Å². The minimum atomic E-state index is -4.67. The summed E-state index contributed by atoms with van der Waals surface area (Å²) in [6.07, 6.45) is -1.01. The Morgan fingerprint density at radius 3 is 2.29 bits per heavy atom. The van der Waals surface area contributed by atoms with Crippen molar-refractivity contribution in [2.75, 3.05) is 0 Å². The van der Waals surface area contributed by atoms with E-state index in [2.05, 4.69) is 11.1 Å². The summed E-state index contributed by atoms with van der Waals surface area (Å²) in [6.45, 7) is 0. The summed E-state index contributed by atoms with van der Waals surface area (Å²) in [5.41, 5.74) is -0.123. The van der Waals surface area contributed by atoms with Gasteiger partial charge in [0.1, 0.15) is 23.3 Å². The summed E-state index contributed by atoms with van der Waals surface area (Å²) < 4.78 is 68.8. The highest BCUT2D eigenvalue weighted by Gasteiger charge is 2.65. The first kappa shape index (κ1) is 22.4. The van der Waals surface area contributed by atoms with Crippen LogP contribution >= 0.6 is 0 Å². The highest BCUT2D eigenvalue weighted by Crippen LogP contribution is 2.50. The molecule has 2 aliphatic carbocycles. The molecule has 2 heterocycles. The fraction of sp³-hybridized carbons (Fsp3) is 0.348. The average molecular weight is 485 g/mol. The quantitative estimate of drug-likeness (QED) is 0.570. The van der Waals surface area contributed by atoms with Gasteiger partial charge < -0.3 is 4.57 Å². The number of halogens is 3. The SMILES string of the molecule is N#Cc1cnc2c(c1)c(C#N)c(-c1ccc(S(=O)(=O)NC3(C(F)(F)F)CC3)cc1)n2C1CCC1. The normalized spacial score (nSPS) is 17.7. The number of alkyl halides is 3. The lowest BCUT2D eigenvalue weighted by Gasteiger charge is -2.29. The standard InChI is InChI=1S/C23H18F3N5O2S/c24-23(25,26)22(8-9-22)30-34(32,33)17-6-4-15(5-7-17)20-19(12-28)18-10-14(11-27)13-29-21(18)31(20)16-2-1-3-16/h4-7,10,13,16,30H,1-3,8-9H2. The molecular formula is C23H18F3N5O2S. The van der Waals surface area contributed by atoms with E-state index in [1.165, 1.54) is 30.5 Å². The number of sulfonamides is 1. The predicted molar refractivity (Wildman–Crippen MR) is 116 cm³/mol. The highest BCUT2D eigenvalue weighted by atomic mass is 32.2. The number of benzene rings is 1. The predicted octanol–water partition coefficient (Wildman–Crippen LogP) is 4.54. The number of fused-ring (bicyclic) bond motifs is 1. The van der Waals surface area contributed by atoms with E-state index < -0.39 is 21.7 Å². The zero-order valence-corrected chi connectivity index (χ0v) is 18.5. The number of aromatic nitrogens is 2. The second kappa shape index (κ2) is 7.55. The molecule has 7 nitrogen and oxygen atoms in total. The van der Waals surface area contributed by atoms with Gasteiger partial charge in [0.2, 0.25) is 10.0 Å². The van der Waals surface area contributed by atoms with Crippen molar-refractivity contribution in [3.8, 4) is 23.4 Å². The van der Waals surface area contributed by atoms with Crippen molar-refractivity contribution in [2.45, 2.75) is 54.8 Å². The molecule has 2 aromatic heterocycles. The smallest absolute Gasteiger partial charge is 0.321 e. The molecule has 34 heavy (non-hydrogen) atoms. The number of hydrogen-bond acceptors (Lipinski definition) is 5. The van der Waals surface area contributed by atoms with Crippen molar-refractivity contribution in [1.29, 1.82) is 10.5 Å². The molecule has 0 spiro atoms. The first-order valence-corrected chi connectivity index (χ1v) is 12.1. The van der Waals surface area contributed by atoms with Crippen LogP contribution in [0.4, 0.5) is 13.2 Å². The molecule has 2 aliphatic rings. The van der Waals surface area contributed by atoms with Crippen LogP contribution in [0.5, 0.6) is 0 Å². The van der Waals surface area contributed by atoms with Crippen LogP contribution < -0.4 is 4.72 Å². The van der Waals surface area contributed by atoms with Gasteiger partial charge >= 0.3 is 6.18 Å². The maximum Gasteiger partial charge on any atom is 0.407 e. The van der Waals surface area contributed by atoms with Gasteiger partial charge in [0.25, 0.3) is 0 Å². The van der Waals surface area contributed by atoms with Crippen LogP contribution in [0.15, 0.2) is 41.4 Å². The molecule has 174 valence electrons. The third kappa shape index (κ3) is 3.44. The Bertz CT molecular complexity index is 1490. The van der Waals surface area contributed by atoms with Crippen molar-refractivity contribution >= 4 is 21.1 Å². The minimum absolute atomic E-state index is 0.103. The average Bonchev–Trinajstić information content (AvgIpc) is 3.48. The molecule has 0 radical (unpaired) electrons. The van der Waals surface area contributed by atoms with Crippen molar-refractivity contribution < 1.29 is 21.6 Å². The Morgan fingerprint density at radius 2 is 1.79 bits per heavy atom. The fourth-order valence-corrected chi connectivity index (χ4v) is 5.77. The zero-order valence-electron chi connectivity index (χ0n) is 17.7. The van der Waals surface area contributed by atoms with E-state index in [0.29, 0.717) is 33.4 Å². The summed E-state index contributed by atoms with van der Waals surface area (Å²) in [4.78, 5) is 4.12. The maximum absolute atomic E-state index is 13.2. The first-order valence-electron chi connectivity index (χ1n) is 10.7. The number of nitrogens with one attached hydrogen (secondary N) is 1. The van der Waals surface area contributed by atoms with Crippen LogP contribution in [0.1, 0.15) is 49.3 Å². The van der Waals surface area contributed by atoms with Gasteiger partial charge in [-0.2, -0.15) is 28.4 Å². The monoisotopic (exact) mass is 485 g/mol. The molecule has 11 heteroatoms. The van der Waals surface area contributed by atoms with Gasteiger partial charge in [-0.05, 0) is 55.9 Å². The minimum Gasteiger partial charge on any atom is -0.321 e. The van der Waals surface area contributed by atoms with Crippen LogP contribution in [-0.4, -0.2) is 29.7 Å². The third-order valence-corrected chi connectivity index (χ3v) is 8.14. The third-order valence-electron chi connectivity index (χ3n) is 6.58. The summed E-state index contributed by atoms with van der Waals surface area (Å²) in [5, 5.41) is 19.7. The molecule has 0 saturated heterocycles. The van der Waals surface area contributed by atoms with E-state index in [4.69, 9.17) is 0 Å². The van der Waals surface area contributed by atoms with Gasteiger partial charge in [-0.1, -0.05) is 12.1 Å². The van der Waals surface area contributed by atoms with Gasteiger partial charge in [0.15, 0.2) is 0 Å². The number of nitrogens with zero attached hydrogens (tertiary/aromatic N) is 4. The molecule has 5 rings (SSSR count). The molecule has 3 aromatic rings. The molecule has 0 atom stereocenters. The molecule has 0 bridgehead atoms. The summed E-state index contributed by atoms with van der Waals surface area (Å²) in [7, 11) is -4.40. The lowest BCUT2D eigenvalue weighted by molar-refractivity contribution is -0.160. The van der Waals surface area contributed by atoms with Gasteiger partial charge in [-0.3, -0.25) is 0 Å². The van der Waals surface area contributed by atoms with E-state index in [-0.39, 0.29) is 23.8 Å². The van der Waals surface area contributed by atoms with Gasteiger partial charge in [-0.25, -0.2) is 13.4 Å².